The van der Waals surface area contributed by atoms with Gasteiger partial charge in [-0.3, -0.25) is 14.5 Å². The highest BCUT2D eigenvalue weighted by Gasteiger charge is 2.37. The molecule has 0 radical (unpaired) electrons. The topological polar surface area (TPSA) is 56.8 Å². The molecule has 0 aliphatic carbocycles. The average Bonchev–Trinajstić information content (AvgIpc) is 3.28. The number of benzene rings is 1. The Morgan fingerprint density at radius 1 is 1.19 bits per heavy atom. The summed E-state index contributed by atoms with van der Waals surface area (Å²) in [5, 5.41) is 3.20. The highest BCUT2D eigenvalue weighted by molar-refractivity contribution is 7.09. The molecule has 6 nitrogen and oxygen atoms in total. The SMILES string of the molecule is Cc1nc(CN2CCN(C(=O)C3CC(=O)N(c4ccccc4)C3)CC2)cs1. The van der Waals surface area contributed by atoms with E-state index in [-0.39, 0.29) is 17.7 Å². The lowest BCUT2D eigenvalue weighted by Gasteiger charge is -2.35. The van der Waals surface area contributed by atoms with Crippen molar-refractivity contribution in [2.75, 3.05) is 37.6 Å². The van der Waals surface area contributed by atoms with E-state index < -0.39 is 0 Å². The summed E-state index contributed by atoms with van der Waals surface area (Å²) >= 11 is 1.67. The normalized spacial score (nSPS) is 21.1. The van der Waals surface area contributed by atoms with E-state index in [0.717, 1.165) is 49.1 Å². The molecular formula is C20H24N4O2S. The first-order valence-electron chi connectivity index (χ1n) is 9.38. The molecule has 2 aliphatic heterocycles. The highest BCUT2D eigenvalue weighted by atomic mass is 32.1. The number of rotatable bonds is 4. The Labute approximate surface area is 163 Å². The fourth-order valence-electron chi connectivity index (χ4n) is 3.83. The summed E-state index contributed by atoms with van der Waals surface area (Å²) in [7, 11) is 0. The van der Waals surface area contributed by atoms with Crippen molar-refractivity contribution in [3.05, 3.63) is 46.4 Å². The molecule has 3 heterocycles. The number of nitrogens with zero attached hydrogens (tertiary/aromatic N) is 4. The van der Waals surface area contributed by atoms with Crippen LogP contribution in [0, 0.1) is 12.8 Å². The lowest BCUT2D eigenvalue weighted by atomic mass is 10.1. The second-order valence-electron chi connectivity index (χ2n) is 7.20. The van der Waals surface area contributed by atoms with Gasteiger partial charge in [0.1, 0.15) is 0 Å². The van der Waals surface area contributed by atoms with Gasteiger partial charge in [-0.15, -0.1) is 11.3 Å². The first kappa shape index (κ1) is 18.1. The maximum atomic E-state index is 12.9. The molecule has 142 valence electrons. The van der Waals surface area contributed by atoms with Crippen molar-refractivity contribution in [2.24, 2.45) is 5.92 Å². The lowest BCUT2D eigenvalue weighted by Crippen LogP contribution is -2.50. The quantitative estimate of drug-likeness (QED) is 0.811. The molecule has 0 bridgehead atoms. The van der Waals surface area contributed by atoms with Crippen molar-refractivity contribution < 1.29 is 9.59 Å². The molecule has 2 saturated heterocycles. The third-order valence-electron chi connectivity index (χ3n) is 5.28. The maximum absolute atomic E-state index is 12.9. The summed E-state index contributed by atoms with van der Waals surface area (Å²) in [6.45, 7) is 6.50. The van der Waals surface area contributed by atoms with Gasteiger partial charge in [0.2, 0.25) is 11.8 Å². The van der Waals surface area contributed by atoms with Crippen LogP contribution >= 0.6 is 11.3 Å². The van der Waals surface area contributed by atoms with Gasteiger partial charge < -0.3 is 9.80 Å². The number of amides is 2. The lowest BCUT2D eigenvalue weighted by molar-refractivity contribution is -0.137. The largest absolute Gasteiger partial charge is 0.340 e. The summed E-state index contributed by atoms with van der Waals surface area (Å²) in [5.41, 5.74) is 1.98. The number of aryl methyl sites for hydroxylation is 1. The molecule has 0 spiro atoms. The van der Waals surface area contributed by atoms with Crippen LogP contribution in [-0.2, 0) is 16.1 Å². The highest BCUT2D eigenvalue weighted by Crippen LogP contribution is 2.26. The van der Waals surface area contributed by atoms with Gasteiger partial charge in [-0.05, 0) is 19.1 Å². The number of anilines is 1. The zero-order valence-electron chi connectivity index (χ0n) is 15.5. The fraction of sp³-hybridized carbons (Fsp3) is 0.450. The van der Waals surface area contributed by atoms with E-state index in [1.807, 2.05) is 42.2 Å². The molecule has 0 saturated carbocycles. The number of hydrogen-bond acceptors (Lipinski definition) is 5. The van der Waals surface area contributed by atoms with Crippen LogP contribution in [0.5, 0.6) is 0 Å². The fourth-order valence-corrected chi connectivity index (χ4v) is 4.43. The second-order valence-corrected chi connectivity index (χ2v) is 8.26. The molecule has 1 aromatic carbocycles. The van der Waals surface area contributed by atoms with Crippen LogP contribution in [0.25, 0.3) is 0 Å². The third kappa shape index (κ3) is 4.04. The van der Waals surface area contributed by atoms with Crippen LogP contribution < -0.4 is 4.90 Å². The van der Waals surface area contributed by atoms with Crippen molar-refractivity contribution in [1.29, 1.82) is 0 Å². The first-order valence-corrected chi connectivity index (χ1v) is 10.3. The van der Waals surface area contributed by atoms with E-state index in [1.165, 1.54) is 0 Å². The van der Waals surface area contributed by atoms with Crippen molar-refractivity contribution in [3.63, 3.8) is 0 Å². The minimum absolute atomic E-state index is 0.0390. The predicted octanol–water partition coefficient (Wildman–Crippen LogP) is 2.15. The molecule has 2 aliphatic rings. The van der Waals surface area contributed by atoms with Gasteiger partial charge in [0.25, 0.3) is 0 Å². The molecule has 7 heteroatoms. The Kier molecular flexibility index (Phi) is 5.22. The molecule has 1 atom stereocenters. The van der Waals surface area contributed by atoms with Gasteiger partial charge in [-0.1, -0.05) is 18.2 Å². The summed E-state index contributed by atoms with van der Waals surface area (Å²) in [4.78, 5) is 35.8. The molecular weight excluding hydrogens is 360 g/mol. The number of carbonyl (C=O) groups is 2. The third-order valence-corrected chi connectivity index (χ3v) is 6.10. The van der Waals surface area contributed by atoms with E-state index in [4.69, 9.17) is 0 Å². The van der Waals surface area contributed by atoms with Crippen LogP contribution in [0.3, 0.4) is 0 Å². The predicted molar refractivity (Wildman–Crippen MR) is 106 cm³/mol. The van der Waals surface area contributed by atoms with Gasteiger partial charge >= 0.3 is 0 Å². The minimum Gasteiger partial charge on any atom is -0.340 e. The van der Waals surface area contributed by atoms with E-state index in [0.29, 0.717) is 13.0 Å². The number of carbonyl (C=O) groups excluding carboxylic acids is 2. The number of aromatic nitrogens is 1. The Hall–Kier alpha value is -2.25. The summed E-state index contributed by atoms with van der Waals surface area (Å²) in [6, 6.07) is 9.61. The van der Waals surface area contributed by atoms with Gasteiger partial charge in [-0.2, -0.15) is 0 Å². The zero-order chi connectivity index (χ0) is 18.8. The smallest absolute Gasteiger partial charge is 0.228 e. The maximum Gasteiger partial charge on any atom is 0.228 e. The summed E-state index contributed by atoms with van der Waals surface area (Å²) in [6.07, 6.45) is 0.312. The molecule has 2 fully saturated rings. The van der Waals surface area contributed by atoms with Gasteiger partial charge in [-0.25, -0.2) is 4.98 Å². The number of para-hydroxylation sites is 1. The molecule has 27 heavy (non-hydrogen) atoms. The van der Waals surface area contributed by atoms with Crippen molar-refractivity contribution >= 4 is 28.8 Å². The zero-order valence-corrected chi connectivity index (χ0v) is 16.3. The van der Waals surface area contributed by atoms with E-state index in [2.05, 4.69) is 15.3 Å². The van der Waals surface area contributed by atoms with Gasteiger partial charge in [0, 0.05) is 56.8 Å². The molecule has 4 rings (SSSR count). The summed E-state index contributed by atoms with van der Waals surface area (Å²) < 4.78 is 0. The van der Waals surface area contributed by atoms with Crippen LogP contribution in [-0.4, -0.2) is 59.3 Å². The Morgan fingerprint density at radius 3 is 2.59 bits per heavy atom. The number of thiazole rings is 1. The number of hydrogen-bond donors (Lipinski definition) is 0. The first-order chi connectivity index (χ1) is 13.1. The van der Waals surface area contributed by atoms with Crippen molar-refractivity contribution in [2.45, 2.75) is 19.9 Å². The summed E-state index contributed by atoms with van der Waals surface area (Å²) in [5.74, 6) is -0.0755. The van der Waals surface area contributed by atoms with E-state index >= 15 is 0 Å². The van der Waals surface area contributed by atoms with Crippen LogP contribution in [0.2, 0.25) is 0 Å². The Morgan fingerprint density at radius 2 is 1.93 bits per heavy atom. The van der Waals surface area contributed by atoms with Crippen molar-refractivity contribution in [3.8, 4) is 0 Å². The molecule has 0 N–H and O–H groups in total. The standard InChI is InChI=1S/C20H24N4O2S/c1-15-21-17(14-27-15)13-22-7-9-23(10-8-22)20(26)16-11-19(25)24(12-16)18-5-3-2-4-6-18/h2-6,14,16H,7-13H2,1H3. The molecule has 2 amide bonds. The average molecular weight is 385 g/mol. The van der Waals surface area contributed by atoms with Crippen LogP contribution in [0.15, 0.2) is 35.7 Å². The monoisotopic (exact) mass is 384 g/mol. The Balaban J connectivity index is 1.31. The van der Waals surface area contributed by atoms with Crippen LogP contribution in [0.4, 0.5) is 5.69 Å². The van der Waals surface area contributed by atoms with Crippen molar-refractivity contribution in [1.82, 2.24) is 14.8 Å². The second kappa shape index (κ2) is 7.78. The minimum atomic E-state index is -0.231. The number of piperazine rings is 1. The van der Waals surface area contributed by atoms with Crippen LogP contribution in [0.1, 0.15) is 17.1 Å². The van der Waals surface area contributed by atoms with Gasteiger partial charge in [0.15, 0.2) is 0 Å². The van der Waals surface area contributed by atoms with E-state index in [9.17, 15) is 9.59 Å². The molecule has 2 aromatic rings. The molecule has 1 aromatic heterocycles. The van der Waals surface area contributed by atoms with E-state index in [1.54, 1.807) is 16.2 Å². The molecule has 1 unspecified atom stereocenters. The van der Waals surface area contributed by atoms with Gasteiger partial charge in [0.05, 0.1) is 16.6 Å². The Bertz CT molecular complexity index is 814.